The Balaban J connectivity index is 1.33. The Labute approximate surface area is 158 Å². The van der Waals surface area contributed by atoms with E-state index in [1.165, 1.54) is 34.7 Å². The Kier molecular flexibility index (Phi) is 4.19. The summed E-state index contributed by atoms with van der Waals surface area (Å²) in [5.41, 5.74) is 5.29. The average molecular weight is 363 g/mol. The van der Waals surface area contributed by atoms with Gasteiger partial charge in [-0.15, -0.1) is 11.8 Å². The van der Waals surface area contributed by atoms with Crippen LogP contribution in [0.15, 0.2) is 77.3 Å². The van der Waals surface area contributed by atoms with Gasteiger partial charge in [-0.1, -0.05) is 12.1 Å². The van der Waals surface area contributed by atoms with Crippen molar-refractivity contribution in [1.29, 1.82) is 0 Å². The summed E-state index contributed by atoms with van der Waals surface area (Å²) < 4.78 is 1.90. The van der Waals surface area contributed by atoms with E-state index in [-0.39, 0.29) is 0 Å². The predicted octanol–water partition coefficient (Wildman–Crippen LogP) is 3.49. The van der Waals surface area contributed by atoms with Gasteiger partial charge in [0.1, 0.15) is 0 Å². The van der Waals surface area contributed by atoms with Gasteiger partial charge in [-0.2, -0.15) is 5.10 Å². The first-order chi connectivity index (χ1) is 12.9. The second-order valence-electron chi connectivity index (χ2n) is 6.96. The van der Waals surface area contributed by atoms with Gasteiger partial charge >= 0.3 is 0 Å². The van der Waals surface area contributed by atoms with Crippen LogP contribution in [0, 0.1) is 0 Å². The van der Waals surface area contributed by atoms with E-state index >= 15 is 0 Å². The zero-order chi connectivity index (χ0) is 17.3. The number of hydrogen-bond donors (Lipinski definition) is 1. The van der Waals surface area contributed by atoms with Crippen LogP contribution >= 0.6 is 11.8 Å². The Hall–Kier alpha value is -2.24. The van der Waals surface area contributed by atoms with Crippen LogP contribution in [-0.4, -0.2) is 39.6 Å². The van der Waals surface area contributed by atoms with Crippen molar-refractivity contribution >= 4 is 11.8 Å². The molecule has 1 aromatic heterocycles. The first-order valence-corrected chi connectivity index (χ1v) is 10.2. The lowest BCUT2D eigenvalue weighted by Crippen LogP contribution is -2.49. The fourth-order valence-corrected chi connectivity index (χ4v) is 4.74. The molecule has 0 bridgehead atoms. The molecule has 1 aromatic carbocycles. The van der Waals surface area contributed by atoms with Crippen molar-refractivity contribution in [1.82, 2.24) is 20.0 Å². The number of benzene rings is 1. The van der Waals surface area contributed by atoms with Gasteiger partial charge < -0.3 is 10.2 Å². The number of fused-ring (bicyclic) bond motifs is 1. The van der Waals surface area contributed by atoms with Crippen LogP contribution in [0.2, 0.25) is 0 Å². The topological polar surface area (TPSA) is 33.1 Å². The lowest BCUT2D eigenvalue weighted by atomic mass is 10.00. The molecule has 5 heteroatoms. The monoisotopic (exact) mass is 362 g/mol. The minimum absolute atomic E-state index is 0.642. The van der Waals surface area contributed by atoms with Crippen molar-refractivity contribution in [3.05, 3.63) is 82.8 Å². The standard InChI is InChI=1S/C21H22N4S/c1-9-23-25(11-1)19-4-2-16(3-5-19)14-17-7-12-24(15-18-6-10-22-18)20-8-13-26-21(17)20/h1-5,7-9,11-12,18,22H,6,10,13-15H2. The van der Waals surface area contributed by atoms with Gasteiger partial charge in [0.15, 0.2) is 0 Å². The van der Waals surface area contributed by atoms with Crippen LogP contribution in [0.25, 0.3) is 5.69 Å². The van der Waals surface area contributed by atoms with Crippen LogP contribution in [0.3, 0.4) is 0 Å². The molecule has 1 N–H and O–H groups in total. The van der Waals surface area contributed by atoms with Gasteiger partial charge in [0.05, 0.1) is 11.4 Å². The summed E-state index contributed by atoms with van der Waals surface area (Å²) >= 11 is 1.97. The third-order valence-electron chi connectivity index (χ3n) is 5.24. The lowest BCUT2D eigenvalue weighted by molar-refractivity contribution is 0.297. The van der Waals surface area contributed by atoms with E-state index in [0.717, 1.165) is 24.4 Å². The van der Waals surface area contributed by atoms with E-state index in [4.69, 9.17) is 0 Å². The maximum Gasteiger partial charge on any atom is 0.0645 e. The zero-order valence-corrected chi connectivity index (χ0v) is 15.5. The predicted molar refractivity (Wildman–Crippen MR) is 107 cm³/mol. The molecule has 0 aliphatic carbocycles. The van der Waals surface area contributed by atoms with E-state index in [2.05, 4.69) is 57.9 Å². The maximum atomic E-state index is 4.29. The average Bonchev–Trinajstić information content (AvgIpc) is 3.32. The number of nitrogens with one attached hydrogen (secondary N) is 1. The van der Waals surface area contributed by atoms with Crippen molar-refractivity contribution in [3.63, 3.8) is 0 Å². The van der Waals surface area contributed by atoms with Crippen LogP contribution < -0.4 is 5.32 Å². The number of hydrogen-bond acceptors (Lipinski definition) is 4. The highest BCUT2D eigenvalue weighted by Gasteiger charge is 2.27. The maximum absolute atomic E-state index is 4.29. The Morgan fingerprint density at radius 1 is 1.23 bits per heavy atom. The van der Waals surface area contributed by atoms with Gasteiger partial charge in [0.25, 0.3) is 0 Å². The minimum Gasteiger partial charge on any atom is -0.346 e. The first-order valence-electron chi connectivity index (χ1n) is 9.20. The fraction of sp³-hybridized carbons (Fsp3) is 0.286. The molecule has 26 heavy (non-hydrogen) atoms. The van der Waals surface area contributed by atoms with Gasteiger partial charge in [-0.25, -0.2) is 4.68 Å². The van der Waals surface area contributed by atoms with Crippen LogP contribution in [0.1, 0.15) is 12.0 Å². The quantitative estimate of drug-likeness (QED) is 0.883. The zero-order valence-electron chi connectivity index (χ0n) is 14.6. The number of allylic oxidation sites excluding steroid dienone is 2. The molecule has 4 heterocycles. The summed E-state index contributed by atoms with van der Waals surface area (Å²) in [4.78, 5) is 3.89. The summed E-state index contributed by atoms with van der Waals surface area (Å²) in [6.07, 6.45) is 13.0. The van der Waals surface area contributed by atoms with E-state index in [9.17, 15) is 0 Å². The van der Waals surface area contributed by atoms with E-state index in [0.29, 0.717) is 6.04 Å². The third-order valence-corrected chi connectivity index (χ3v) is 6.33. The van der Waals surface area contributed by atoms with E-state index in [1.54, 1.807) is 0 Å². The molecular weight excluding hydrogens is 340 g/mol. The molecule has 0 saturated carbocycles. The van der Waals surface area contributed by atoms with E-state index < -0.39 is 0 Å². The molecule has 5 rings (SSSR count). The Morgan fingerprint density at radius 3 is 2.85 bits per heavy atom. The van der Waals surface area contributed by atoms with Gasteiger partial charge in [0, 0.05) is 41.8 Å². The minimum atomic E-state index is 0.642. The molecule has 4 nitrogen and oxygen atoms in total. The molecule has 0 radical (unpaired) electrons. The van der Waals surface area contributed by atoms with Crippen LogP contribution in [0.4, 0.5) is 0 Å². The highest BCUT2D eigenvalue weighted by atomic mass is 32.2. The Morgan fingerprint density at radius 2 is 2.12 bits per heavy atom. The highest BCUT2D eigenvalue weighted by molar-refractivity contribution is 8.03. The van der Waals surface area contributed by atoms with Gasteiger partial charge in [0.2, 0.25) is 0 Å². The molecular formula is C21H22N4S. The molecule has 132 valence electrons. The summed E-state index contributed by atoms with van der Waals surface area (Å²) in [7, 11) is 0. The highest BCUT2D eigenvalue weighted by Crippen LogP contribution is 2.40. The smallest absolute Gasteiger partial charge is 0.0645 e. The van der Waals surface area contributed by atoms with Crippen LogP contribution in [0.5, 0.6) is 0 Å². The fourth-order valence-electron chi connectivity index (χ4n) is 3.66. The van der Waals surface area contributed by atoms with Crippen LogP contribution in [-0.2, 0) is 6.42 Å². The molecule has 1 unspecified atom stereocenters. The molecule has 2 aromatic rings. The second-order valence-corrected chi connectivity index (χ2v) is 7.99. The normalized spacial score (nSPS) is 21.6. The first kappa shape index (κ1) is 16.0. The third kappa shape index (κ3) is 3.02. The number of nitrogens with zero attached hydrogens (tertiary/aromatic N) is 3. The SMILES string of the molecule is C1=CN(CC2CCN2)C2=CCSC2=C1Cc1ccc(-n2cccn2)cc1. The molecule has 3 aliphatic heterocycles. The molecule has 3 aliphatic rings. The summed E-state index contributed by atoms with van der Waals surface area (Å²) in [6.45, 7) is 2.25. The van der Waals surface area contributed by atoms with Crippen molar-refractivity contribution < 1.29 is 0 Å². The largest absolute Gasteiger partial charge is 0.346 e. The summed E-state index contributed by atoms with van der Waals surface area (Å²) in [5.74, 6) is 1.09. The van der Waals surface area contributed by atoms with Crippen molar-refractivity contribution in [2.45, 2.75) is 18.9 Å². The van der Waals surface area contributed by atoms with E-state index in [1.807, 2.05) is 34.9 Å². The molecule has 1 fully saturated rings. The number of rotatable bonds is 5. The van der Waals surface area contributed by atoms with Crippen molar-refractivity contribution in [2.75, 3.05) is 18.8 Å². The molecule has 0 spiro atoms. The lowest BCUT2D eigenvalue weighted by Gasteiger charge is -2.35. The number of aromatic nitrogens is 2. The van der Waals surface area contributed by atoms with Gasteiger partial charge in [-0.3, -0.25) is 0 Å². The number of thioether (sulfide) groups is 1. The molecule has 1 atom stereocenters. The van der Waals surface area contributed by atoms with Gasteiger partial charge in [-0.05, 0) is 60.9 Å². The Bertz CT molecular complexity index is 873. The molecule has 1 saturated heterocycles. The molecule has 0 amide bonds. The van der Waals surface area contributed by atoms with Crippen molar-refractivity contribution in [3.8, 4) is 5.69 Å². The second kappa shape index (κ2) is 6.82. The summed E-state index contributed by atoms with van der Waals surface area (Å²) in [5, 5.41) is 7.80. The van der Waals surface area contributed by atoms with Crippen molar-refractivity contribution in [2.24, 2.45) is 0 Å². The summed E-state index contributed by atoms with van der Waals surface area (Å²) in [6, 6.07) is 11.3.